The number of halogens is 1. The van der Waals surface area contributed by atoms with Gasteiger partial charge in [-0.15, -0.1) is 0 Å². The summed E-state index contributed by atoms with van der Waals surface area (Å²) in [5.74, 6) is 0.222. The molecule has 2 aromatic rings. The lowest BCUT2D eigenvalue weighted by molar-refractivity contribution is -0.0238. The molecular weight excluding hydrogens is 468 g/mol. The summed E-state index contributed by atoms with van der Waals surface area (Å²) in [5, 5.41) is 19.9. The second-order valence-electron chi connectivity index (χ2n) is 10.2. The number of piperidine rings is 1. The molecule has 2 aromatic carbocycles. The molecule has 0 radical (unpaired) electrons. The Labute approximate surface area is 212 Å². The van der Waals surface area contributed by atoms with E-state index in [4.69, 9.17) is 16.7 Å². The quantitative estimate of drug-likeness (QED) is 0.584. The summed E-state index contributed by atoms with van der Waals surface area (Å²) >= 11 is 5.59. The maximum atomic E-state index is 13.0. The van der Waals surface area contributed by atoms with Crippen LogP contribution in [-0.2, 0) is 11.0 Å². The van der Waals surface area contributed by atoms with Crippen LogP contribution in [0.1, 0.15) is 56.2 Å². The molecule has 2 N–H and O–H groups in total. The second-order valence-corrected chi connectivity index (χ2v) is 12.1. The van der Waals surface area contributed by atoms with Crippen LogP contribution >= 0.6 is 11.6 Å². The molecule has 7 heteroatoms. The molecule has 2 heterocycles. The van der Waals surface area contributed by atoms with E-state index in [1.165, 1.54) is 12.5 Å². The van der Waals surface area contributed by atoms with Gasteiger partial charge in [0.15, 0.2) is 0 Å². The van der Waals surface area contributed by atoms with Crippen molar-refractivity contribution in [3.8, 4) is 5.75 Å². The van der Waals surface area contributed by atoms with Gasteiger partial charge in [0.2, 0.25) is 0 Å². The molecule has 2 atom stereocenters. The first-order valence-electron chi connectivity index (χ1n) is 12.1. The third-order valence-corrected chi connectivity index (χ3v) is 8.66. The first-order valence-corrected chi connectivity index (χ1v) is 13.6. The maximum Gasteiger partial charge on any atom is 0.127 e. The largest absolute Gasteiger partial charge is 0.508 e. The number of aryl methyl sites for hydroxylation is 3. The summed E-state index contributed by atoms with van der Waals surface area (Å²) < 4.78 is 15.1. The van der Waals surface area contributed by atoms with Gasteiger partial charge in [-0.2, -0.15) is 0 Å². The minimum atomic E-state index is -1.07. The van der Waals surface area contributed by atoms with Gasteiger partial charge in [0, 0.05) is 30.2 Å². The molecule has 0 bridgehead atoms. The fraction of sp³-hybridized carbons (Fsp3) is 0.556. The van der Waals surface area contributed by atoms with E-state index in [0.29, 0.717) is 11.1 Å². The van der Waals surface area contributed by atoms with Crippen molar-refractivity contribution in [3.05, 3.63) is 58.1 Å². The lowest BCUT2D eigenvalue weighted by Gasteiger charge is -2.42. The van der Waals surface area contributed by atoms with Crippen molar-refractivity contribution < 1.29 is 14.4 Å². The fourth-order valence-electron chi connectivity index (χ4n) is 5.08. The lowest BCUT2D eigenvalue weighted by Crippen LogP contribution is -2.53. The standard InChI is InChI=1S/C20H32N2O2S.C7H7ClO/c1-15-7-8-16(2)18(14-15)25(24)21-12-9-17(10-13-21)22-11-5-6-19(22)20(3,4)23;1-5-2-6(8)4-7(9)3-5/h7-8,14,17,19,23H,5-6,9-13H2,1-4H3;2-4,9H,1H3. The van der Waals surface area contributed by atoms with Gasteiger partial charge in [0.05, 0.1) is 10.5 Å². The topological polar surface area (TPSA) is 64.0 Å². The Kier molecular flexibility index (Phi) is 9.21. The number of aliphatic hydroxyl groups is 1. The molecule has 5 nitrogen and oxygen atoms in total. The van der Waals surface area contributed by atoms with Crippen molar-refractivity contribution in [2.75, 3.05) is 19.6 Å². The number of likely N-dealkylation sites (tertiary alicyclic amines) is 1. The van der Waals surface area contributed by atoms with E-state index in [9.17, 15) is 9.32 Å². The summed E-state index contributed by atoms with van der Waals surface area (Å²) in [6.45, 7) is 12.6. The van der Waals surface area contributed by atoms with Gasteiger partial charge in [-0.1, -0.05) is 23.7 Å². The third kappa shape index (κ3) is 7.05. The Bertz CT molecular complexity index is 949. The zero-order chi connectivity index (χ0) is 25.0. The van der Waals surface area contributed by atoms with Gasteiger partial charge in [-0.3, -0.25) is 4.90 Å². The zero-order valence-electron chi connectivity index (χ0n) is 21.1. The minimum Gasteiger partial charge on any atom is -0.508 e. The lowest BCUT2D eigenvalue weighted by atomic mass is 9.94. The molecule has 2 aliphatic rings. The van der Waals surface area contributed by atoms with E-state index in [-0.39, 0.29) is 11.8 Å². The number of rotatable bonds is 4. The average Bonchev–Trinajstić information content (AvgIpc) is 3.25. The van der Waals surface area contributed by atoms with E-state index in [0.717, 1.165) is 60.5 Å². The van der Waals surface area contributed by atoms with Crippen LogP contribution in [0.2, 0.25) is 5.02 Å². The molecular formula is C27H39ClN2O3S. The van der Waals surface area contributed by atoms with E-state index in [1.54, 1.807) is 12.1 Å². The number of benzene rings is 2. The van der Waals surface area contributed by atoms with Crippen molar-refractivity contribution in [3.63, 3.8) is 0 Å². The molecule has 0 spiro atoms. The van der Waals surface area contributed by atoms with Crippen LogP contribution < -0.4 is 0 Å². The van der Waals surface area contributed by atoms with Gasteiger partial charge in [-0.05, 0) is 108 Å². The van der Waals surface area contributed by atoms with Crippen LogP contribution in [0.5, 0.6) is 5.75 Å². The van der Waals surface area contributed by atoms with E-state index in [2.05, 4.69) is 34.3 Å². The zero-order valence-corrected chi connectivity index (χ0v) is 22.6. The average molecular weight is 507 g/mol. The number of aromatic hydroxyl groups is 1. The molecule has 0 amide bonds. The Morgan fingerprint density at radius 2 is 1.65 bits per heavy atom. The molecule has 0 aliphatic carbocycles. The summed E-state index contributed by atoms with van der Waals surface area (Å²) in [6.07, 6.45) is 4.31. The third-order valence-electron chi connectivity index (χ3n) is 6.80. The highest BCUT2D eigenvalue weighted by Gasteiger charge is 2.40. The summed E-state index contributed by atoms with van der Waals surface area (Å²) in [6, 6.07) is 11.9. The van der Waals surface area contributed by atoms with Gasteiger partial charge < -0.3 is 10.2 Å². The Morgan fingerprint density at radius 3 is 2.24 bits per heavy atom. The summed E-state index contributed by atoms with van der Waals surface area (Å²) in [7, 11) is -1.07. The number of phenols is 1. The maximum absolute atomic E-state index is 13.0. The van der Waals surface area contributed by atoms with E-state index < -0.39 is 16.6 Å². The van der Waals surface area contributed by atoms with Crippen LogP contribution in [0.15, 0.2) is 41.3 Å². The molecule has 2 fully saturated rings. The predicted octanol–water partition coefficient (Wildman–Crippen LogP) is 5.38. The molecule has 0 saturated carbocycles. The van der Waals surface area contributed by atoms with Crippen molar-refractivity contribution in [1.82, 2.24) is 9.21 Å². The van der Waals surface area contributed by atoms with Gasteiger partial charge in [-0.25, -0.2) is 8.51 Å². The van der Waals surface area contributed by atoms with Crippen LogP contribution in [0.4, 0.5) is 0 Å². The van der Waals surface area contributed by atoms with Crippen molar-refractivity contribution in [1.29, 1.82) is 0 Å². The molecule has 2 aliphatic heterocycles. The second kappa shape index (κ2) is 11.5. The monoisotopic (exact) mass is 506 g/mol. The predicted molar refractivity (Wildman–Crippen MR) is 141 cm³/mol. The smallest absolute Gasteiger partial charge is 0.127 e. The summed E-state index contributed by atoms with van der Waals surface area (Å²) in [4.78, 5) is 3.46. The molecule has 4 rings (SSSR count). The highest BCUT2D eigenvalue weighted by Crippen LogP contribution is 2.32. The Balaban J connectivity index is 0.000000302. The Morgan fingerprint density at radius 1 is 0.971 bits per heavy atom. The van der Waals surface area contributed by atoms with E-state index >= 15 is 0 Å². The van der Waals surface area contributed by atoms with Crippen molar-refractivity contribution in [2.45, 2.75) is 82.9 Å². The van der Waals surface area contributed by atoms with Gasteiger partial charge >= 0.3 is 0 Å². The number of phenolic OH excluding ortho intramolecular Hbond substituents is 1. The van der Waals surface area contributed by atoms with Gasteiger partial charge in [0.25, 0.3) is 0 Å². The fourth-order valence-corrected chi connectivity index (χ4v) is 6.81. The van der Waals surface area contributed by atoms with Crippen molar-refractivity contribution in [2.24, 2.45) is 0 Å². The number of hydrogen-bond donors (Lipinski definition) is 2. The molecule has 0 aromatic heterocycles. The summed E-state index contributed by atoms with van der Waals surface area (Å²) in [5.41, 5.74) is 2.59. The molecule has 34 heavy (non-hydrogen) atoms. The first-order chi connectivity index (χ1) is 16.0. The van der Waals surface area contributed by atoms with Crippen molar-refractivity contribution >= 4 is 22.6 Å². The number of nitrogens with zero attached hydrogens (tertiary/aromatic N) is 2. The van der Waals surface area contributed by atoms with E-state index in [1.807, 2.05) is 27.7 Å². The molecule has 2 saturated heterocycles. The van der Waals surface area contributed by atoms with Crippen LogP contribution in [0, 0.1) is 20.8 Å². The number of hydrogen-bond acceptors (Lipinski definition) is 4. The highest BCUT2D eigenvalue weighted by atomic mass is 35.5. The SMILES string of the molecule is Cc1cc(O)cc(Cl)c1.Cc1ccc(C)c(S(=O)N2CCC(N3CCCC3C(C)(C)O)CC2)c1. The molecule has 2 unspecified atom stereocenters. The normalized spacial score (nSPS) is 21.2. The molecule has 188 valence electrons. The van der Waals surface area contributed by atoms with Crippen LogP contribution in [-0.4, -0.2) is 60.9 Å². The Hall–Kier alpha value is -1.44. The van der Waals surface area contributed by atoms with Gasteiger partial charge in [0.1, 0.15) is 16.7 Å². The van der Waals surface area contributed by atoms with Crippen LogP contribution in [0.3, 0.4) is 0 Å². The highest BCUT2D eigenvalue weighted by molar-refractivity contribution is 7.82. The van der Waals surface area contributed by atoms with Crippen LogP contribution in [0.25, 0.3) is 0 Å². The first kappa shape index (κ1) is 27.2. The minimum absolute atomic E-state index is 0.222.